The molecule has 2 rings (SSSR count). The molecule has 0 radical (unpaired) electrons. The molecule has 1 aromatic carbocycles. The normalized spacial score (nSPS) is 15.6. The molecule has 0 bridgehead atoms. The molecule has 1 aliphatic rings. The molecule has 1 heterocycles. The highest BCUT2D eigenvalue weighted by Crippen LogP contribution is 2.42. The highest BCUT2D eigenvalue weighted by Gasteiger charge is 2.23. The van der Waals surface area contributed by atoms with Gasteiger partial charge < -0.3 is 14.6 Å². The minimum atomic E-state index is -0.782. The predicted octanol–water partition coefficient (Wildman–Crippen LogP) is 3.44. The summed E-state index contributed by atoms with van der Waals surface area (Å²) in [4.78, 5) is 11.1. The lowest BCUT2D eigenvalue weighted by Gasteiger charge is -2.18. The average Bonchev–Trinajstić information content (AvgIpc) is 2.65. The molecule has 1 unspecified atom stereocenters. The Morgan fingerprint density at radius 1 is 1.40 bits per heavy atom. The number of carboxylic acid groups (broad SMARTS) is 1. The van der Waals surface area contributed by atoms with Gasteiger partial charge in [-0.1, -0.05) is 13.8 Å². The highest BCUT2D eigenvalue weighted by atomic mass is 79.9. The van der Waals surface area contributed by atoms with Gasteiger partial charge in [0.15, 0.2) is 11.5 Å². The number of fused-ring (bicyclic) bond motifs is 1. The maximum atomic E-state index is 11.1. The number of ether oxygens (including phenoxy) is 2. The van der Waals surface area contributed by atoms with Gasteiger partial charge in [0.25, 0.3) is 0 Å². The van der Waals surface area contributed by atoms with Crippen molar-refractivity contribution in [3.05, 3.63) is 21.7 Å². The predicted molar refractivity (Wildman–Crippen MR) is 79.6 cm³/mol. The number of carbonyl (C=O) groups is 1. The van der Waals surface area contributed by atoms with Crippen LogP contribution in [0.4, 0.5) is 0 Å². The summed E-state index contributed by atoms with van der Waals surface area (Å²) in [6, 6.07) is 1.96. The lowest BCUT2D eigenvalue weighted by Crippen LogP contribution is -2.14. The van der Waals surface area contributed by atoms with Gasteiger partial charge in [0, 0.05) is 12.0 Å². The molecule has 0 saturated heterocycles. The summed E-state index contributed by atoms with van der Waals surface area (Å²) in [6.07, 6.45) is 2.14. The second kappa shape index (κ2) is 6.48. The van der Waals surface area contributed by atoms with Crippen LogP contribution in [0.2, 0.25) is 0 Å². The van der Waals surface area contributed by atoms with E-state index in [2.05, 4.69) is 15.9 Å². The Hall–Kier alpha value is -1.23. The summed E-state index contributed by atoms with van der Waals surface area (Å²) in [5.74, 6) is 0.310. The van der Waals surface area contributed by atoms with Crippen LogP contribution in [-0.4, -0.2) is 24.3 Å². The fourth-order valence-electron chi connectivity index (χ4n) is 2.38. The SMILES string of the molecule is CCc1c(CC(C)C(=O)O)cc(Br)c2c1OCCCO2. The van der Waals surface area contributed by atoms with Crippen LogP contribution in [0.5, 0.6) is 11.5 Å². The van der Waals surface area contributed by atoms with E-state index in [1.807, 2.05) is 13.0 Å². The van der Waals surface area contributed by atoms with Crippen molar-refractivity contribution in [2.24, 2.45) is 5.92 Å². The van der Waals surface area contributed by atoms with Crippen LogP contribution in [0.1, 0.15) is 31.4 Å². The third kappa shape index (κ3) is 3.08. The third-order valence-electron chi connectivity index (χ3n) is 3.47. The summed E-state index contributed by atoms with van der Waals surface area (Å²) >= 11 is 3.51. The lowest BCUT2D eigenvalue weighted by atomic mass is 9.94. The van der Waals surface area contributed by atoms with Crippen LogP contribution < -0.4 is 9.47 Å². The fourth-order valence-corrected chi connectivity index (χ4v) is 2.95. The largest absolute Gasteiger partial charge is 0.489 e. The standard InChI is InChI=1S/C15H19BrO4/c1-3-11-10(7-9(2)15(17)18)8-12(16)14-13(11)19-5-4-6-20-14/h8-9H,3-7H2,1-2H3,(H,17,18). The highest BCUT2D eigenvalue weighted by molar-refractivity contribution is 9.10. The quantitative estimate of drug-likeness (QED) is 0.910. The van der Waals surface area contributed by atoms with E-state index in [9.17, 15) is 4.79 Å². The zero-order valence-electron chi connectivity index (χ0n) is 11.7. The maximum Gasteiger partial charge on any atom is 0.306 e. The van der Waals surface area contributed by atoms with Crippen molar-refractivity contribution in [1.82, 2.24) is 0 Å². The van der Waals surface area contributed by atoms with Gasteiger partial charge in [-0.2, -0.15) is 0 Å². The molecule has 5 heteroatoms. The fraction of sp³-hybridized carbons (Fsp3) is 0.533. The van der Waals surface area contributed by atoms with Crippen molar-refractivity contribution >= 4 is 21.9 Å². The topological polar surface area (TPSA) is 55.8 Å². The van der Waals surface area contributed by atoms with Gasteiger partial charge >= 0.3 is 5.97 Å². The first-order chi connectivity index (χ1) is 9.54. The van der Waals surface area contributed by atoms with Gasteiger partial charge in [-0.05, 0) is 40.4 Å². The monoisotopic (exact) mass is 342 g/mol. The van der Waals surface area contributed by atoms with Crippen LogP contribution >= 0.6 is 15.9 Å². The summed E-state index contributed by atoms with van der Waals surface area (Å²) in [5.41, 5.74) is 2.07. The van der Waals surface area contributed by atoms with Crippen molar-refractivity contribution < 1.29 is 19.4 Å². The minimum Gasteiger partial charge on any atom is -0.489 e. The summed E-state index contributed by atoms with van der Waals surface area (Å²) in [6.45, 7) is 5.04. The minimum absolute atomic E-state index is 0.419. The molecular formula is C15H19BrO4. The number of hydrogen-bond acceptors (Lipinski definition) is 3. The molecule has 4 nitrogen and oxygen atoms in total. The van der Waals surface area contributed by atoms with Crippen LogP contribution in [0.15, 0.2) is 10.5 Å². The molecule has 0 amide bonds. The Kier molecular flexibility index (Phi) is 4.91. The second-order valence-electron chi connectivity index (χ2n) is 5.00. The van der Waals surface area contributed by atoms with E-state index in [-0.39, 0.29) is 0 Å². The van der Waals surface area contributed by atoms with Crippen LogP contribution in [-0.2, 0) is 17.6 Å². The molecule has 1 aromatic rings. The molecular weight excluding hydrogens is 324 g/mol. The van der Waals surface area contributed by atoms with Gasteiger partial charge in [0.1, 0.15) is 0 Å². The van der Waals surface area contributed by atoms with E-state index >= 15 is 0 Å². The van der Waals surface area contributed by atoms with E-state index in [1.54, 1.807) is 6.92 Å². The van der Waals surface area contributed by atoms with E-state index in [0.29, 0.717) is 19.6 Å². The molecule has 20 heavy (non-hydrogen) atoms. The molecule has 1 aliphatic heterocycles. The Morgan fingerprint density at radius 3 is 2.65 bits per heavy atom. The first kappa shape index (κ1) is 15.2. The first-order valence-corrected chi connectivity index (χ1v) is 7.66. The Morgan fingerprint density at radius 2 is 2.05 bits per heavy atom. The molecule has 1 atom stereocenters. The van der Waals surface area contributed by atoms with Crippen molar-refractivity contribution in [3.63, 3.8) is 0 Å². The number of halogens is 1. The van der Waals surface area contributed by atoms with E-state index in [4.69, 9.17) is 14.6 Å². The third-order valence-corrected chi connectivity index (χ3v) is 4.06. The number of hydrogen-bond donors (Lipinski definition) is 1. The second-order valence-corrected chi connectivity index (χ2v) is 5.86. The molecule has 0 saturated carbocycles. The molecule has 0 aliphatic carbocycles. The van der Waals surface area contributed by atoms with Crippen molar-refractivity contribution in [2.75, 3.05) is 13.2 Å². The van der Waals surface area contributed by atoms with Gasteiger partial charge in [0.2, 0.25) is 0 Å². The number of aliphatic carboxylic acids is 1. The van der Waals surface area contributed by atoms with E-state index in [1.165, 1.54) is 0 Å². The van der Waals surface area contributed by atoms with Crippen molar-refractivity contribution in [2.45, 2.75) is 33.1 Å². The average molecular weight is 343 g/mol. The zero-order chi connectivity index (χ0) is 14.7. The molecule has 1 N–H and O–H groups in total. The molecule has 110 valence electrons. The van der Waals surface area contributed by atoms with Crippen LogP contribution in [0.3, 0.4) is 0 Å². The van der Waals surface area contributed by atoms with E-state index < -0.39 is 11.9 Å². The number of benzene rings is 1. The Bertz CT molecular complexity index is 513. The van der Waals surface area contributed by atoms with Crippen LogP contribution in [0.25, 0.3) is 0 Å². The van der Waals surface area contributed by atoms with Gasteiger partial charge in [-0.3, -0.25) is 4.79 Å². The van der Waals surface area contributed by atoms with Gasteiger partial charge in [0.05, 0.1) is 23.6 Å². The van der Waals surface area contributed by atoms with Crippen LogP contribution in [0, 0.1) is 5.92 Å². The van der Waals surface area contributed by atoms with Gasteiger partial charge in [-0.25, -0.2) is 0 Å². The lowest BCUT2D eigenvalue weighted by molar-refractivity contribution is -0.141. The Balaban J connectivity index is 2.45. The van der Waals surface area contributed by atoms with Gasteiger partial charge in [-0.15, -0.1) is 0 Å². The maximum absolute atomic E-state index is 11.1. The smallest absolute Gasteiger partial charge is 0.306 e. The van der Waals surface area contributed by atoms with Crippen molar-refractivity contribution in [1.29, 1.82) is 0 Å². The summed E-state index contributed by atoms with van der Waals surface area (Å²) < 4.78 is 12.4. The summed E-state index contributed by atoms with van der Waals surface area (Å²) in [7, 11) is 0. The number of rotatable bonds is 4. The zero-order valence-corrected chi connectivity index (χ0v) is 13.3. The Labute approximate surface area is 127 Å². The first-order valence-electron chi connectivity index (χ1n) is 6.87. The molecule has 0 fully saturated rings. The molecule has 0 spiro atoms. The number of carboxylic acids is 1. The summed E-state index contributed by atoms with van der Waals surface area (Å²) in [5, 5.41) is 9.09. The molecule has 0 aromatic heterocycles. The van der Waals surface area contributed by atoms with Crippen molar-refractivity contribution in [3.8, 4) is 11.5 Å². The van der Waals surface area contributed by atoms with E-state index in [0.717, 1.165) is 39.9 Å².